The Hall–Kier alpha value is -2.74. The monoisotopic (exact) mass is 425 g/mol. The highest BCUT2D eigenvalue weighted by Crippen LogP contribution is 2.43. The van der Waals surface area contributed by atoms with Crippen molar-refractivity contribution in [2.24, 2.45) is 9.98 Å². The van der Waals surface area contributed by atoms with Crippen LogP contribution in [-0.2, 0) is 6.18 Å². The maximum Gasteiger partial charge on any atom is 0.417 e. The van der Waals surface area contributed by atoms with Crippen LogP contribution in [0.2, 0.25) is 5.02 Å². The maximum atomic E-state index is 14.6. The van der Waals surface area contributed by atoms with E-state index in [0.717, 1.165) is 18.2 Å². The molecule has 0 N–H and O–H groups in total. The van der Waals surface area contributed by atoms with E-state index < -0.39 is 40.0 Å². The minimum absolute atomic E-state index is 0.183. The molecule has 2 aliphatic rings. The number of hydrogen-bond donors (Lipinski definition) is 0. The predicted octanol–water partition coefficient (Wildman–Crippen LogP) is 5.61. The van der Waals surface area contributed by atoms with Crippen molar-refractivity contribution in [2.75, 3.05) is 11.4 Å². The highest BCUT2D eigenvalue weighted by molar-refractivity contribution is 6.38. The highest BCUT2D eigenvalue weighted by Gasteiger charge is 2.39. The van der Waals surface area contributed by atoms with Gasteiger partial charge in [-0.25, -0.2) is 13.8 Å². The maximum absolute atomic E-state index is 14.6. The molecular weight excluding hydrogens is 413 g/mol. The SMILES string of the molecule is C[C@@H]1N=C(c2c(F)cccc2F)c2c(ccc(C(F)(F)F)c2Cl)N2CC=CN=C12. The van der Waals surface area contributed by atoms with E-state index in [0.29, 0.717) is 12.4 Å². The zero-order chi connectivity index (χ0) is 20.9. The Morgan fingerprint density at radius 3 is 2.41 bits per heavy atom. The van der Waals surface area contributed by atoms with Crippen LogP contribution >= 0.6 is 11.6 Å². The fraction of sp³-hybridized carbons (Fsp3) is 0.200. The van der Waals surface area contributed by atoms with Gasteiger partial charge in [0.15, 0.2) is 0 Å². The minimum Gasteiger partial charge on any atom is -0.323 e. The van der Waals surface area contributed by atoms with Crippen molar-refractivity contribution in [3.63, 3.8) is 0 Å². The molecule has 9 heteroatoms. The Balaban J connectivity index is 2.10. The van der Waals surface area contributed by atoms with Crippen LogP contribution in [0.3, 0.4) is 0 Å². The van der Waals surface area contributed by atoms with E-state index in [1.165, 1.54) is 12.1 Å². The fourth-order valence-electron chi connectivity index (χ4n) is 3.46. The number of hydrogen-bond acceptors (Lipinski definition) is 3. The Labute approximate surface area is 167 Å². The van der Waals surface area contributed by atoms with Gasteiger partial charge in [0.1, 0.15) is 23.5 Å². The van der Waals surface area contributed by atoms with Crippen molar-refractivity contribution in [1.29, 1.82) is 0 Å². The van der Waals surface area contributed by atoms with Gasteiger partial charge < -0.3 is 4.90 Å². The lowest BCUT2D eigenvalue weighted by Crippen LogP contribution is -2.38. The average Bonchev–Trinajstić information content (AvgIpc) is 2.77. The summed E-state index contributed by atoms with van der Waals surface area (Å²) in [5.74, 6) is -1.46. The summed E-state index contributed by atoms with van der Waals surface area (Å²) < 4.78 is 69.7. The summed E-state index contributed by atoms with van der Waals surface area (Å²) >= 11 is 6.18. The van der Waals surface area contributed by atoms with Crippen LogP contribution in [0.15, 0.2) is 52.6 Å². The lowest BCUT2D eigenvalue weighted by molar-refractivity contribution is -0.137. The topological polar surface area (TPSA) is 28.0 Å². The van der Waals surface area contributed by atoms with Crippen LogP contribution < -0.4 is 4.90 Å². The summed E-state index contributed by atoms with van der Waals surface area (Å²) in [7, 11) is 0. The molecule has 0 saturated heterocycles. The molecule has 2 heterocycles. The first-order chi connectivity index (χ1) is 13.7. The number of alkyl halides is 3. The van der Waals surface area contributed by atoms with Gasteiger partial charge in [-0.1, -0.05) is 17.7 Å². The zero-order valence-electron chi connectivity index (χ0n) is 14.9. The Bertz CT molecular complexity index is 1070. The molecule has 0 unspecified atom stereocenters. The van der Waals surface area contributed by atoms with E-state index in [1.54, 1.807) is 24.1 Å². The number of aliphatic imine (C=N–C) groups is 2. The summed E-state index contributed by atoms with van der Waals surface area (Å²) in [5, 5.41) is -0.667. The third kappa shape index (κ3) is 3.21. The van der Waals surface area contributed by atoms with Gasteiger partial charge in [0.25, 0.3) is 0 Å². The molecule has 29 heavy (non-hydrogen) atoms. The quantitative estimate of drug-likeness (QED) is 0.546. The molecule has 3 nitrogen and oxygen atoms in total. The first-order valence-electron chi connectivity index (χ1n) is 8.62. The van der Waals surface area contributed by atoms with E-state index in [4.69, 9.17) is 11.6 Å². The fourth-order valence-corrected chi connectivity index (χ4v) is 3.82. The Kier molecular flexibility index (Phi) is 4.69. The summed E-state index contributed by atoms with van der Waals surface area (Å²) in [6, 6.07) is 4.61. The predicted molar refractivity (Wildman–Crippen MR) is 102 cm³/mol. The standard InChI is InChI=1S/C20H13ClF5N3/c1-10-19-27-8-3-9-29(19)14-7-6-11(20(24,25)26)17(21)16(14)18(28-10)15-12(22)4-2-5-13(15)23/h2-8,10H,9H2,1H3/t10-/m0/s1. The van der Waals surface area contributed by atoms with Crippen LogP contribution in [0.1, 0.15) is 23.6 Å². The third-order valence-corrected chi connectivity index (χ3v) is 5.12. The molecule has 4 rings (SSSR count). The van der Waals surface area contributed by atoms with Crippen molar-refractivity contribution in [3.8, 4) is 0 Å². The molecule has 0 bridgehead atoms. The first kappa shape index (κ1) is 19.6. The number of anilines is 1. The van der Waals surface area contributed by atoms with Crippen LogP contribution in [0.5, 0.6) is 0 Å². The lowest BCUT2D eigenvalue weighted by Gasteiger charge is -2.29. The molecule has 0 amide bonds. The molecule has 0 aromatic heterocycles. The first-order valence-corrected chi connectivity index (χ1v) is 9.00. The van der Waals surface area contributed by atoms with E-state index >= 15 is 0 Å². The number of fused-ring (bicyclic) bond motifs is 3. The van der Waals surface area contributed by atoms with E-state index in [9.17, 15) is 22.0 Å². The van der Waals surface area contributed by atoms with Gasteiger partial charge in [-0.15, -0.1) is 0 Å². The van der Waals surface area contributed by atoms with Gasteiger partial charge >= 0.3 is 6.18 Å². The van der Waals surface area contributed by atoms with Gasteiger partial charge in [-0.05, 0) is 37.3 Å². The van der Waals surface area contributed by atoms with E-state index in [2.05, 4.69) is 9.98 Å². The van der Waals surface area contributed by atoms with Crippen molar-refractivity contribution >= 4 is 28.8 Å². The summed E-state index contributed by atoms with van der Waals surface area (Å²) in [6.07, 6.45) is -1.49. The van der Waals surface area contributed by atoms with Gasteiger partial charge in [-0.2, -0.15) is 13.2 Å². The molecule has 0 spiro atoms. The van der Waals surface area contributed by atoms with Crippen molar-refractivity contribution < 1.29 is 22.0 Å². The molecule has 0 aliphatic carbocycles. The van der Waals surface area contributed by atoms with Gasteiger partial charge in [0.2, 0.25) is 0 Å². The number of halogens is 6. The second kappa shape index (κ2) is 6.95. The van der Waals surface area contributed by atoms with Crippen molar-refractivity contribution in [2.45, 2.75) is 19.1 Å². The molecule has 1 atom stereocenters. The second-order valence-electron chi connectivity index (χ2n) is 6.55. The van der Waals surface area contributed by atoms with Crippen molar-refractivity contribution in [3.05, 3.63) is 76.0 Å². The van der Waals surface area contributed by atoms with Gasteiger partial charge in [-0.3, -0.25) is 4.99 Å². The molecule has 2 aliphatic heterocycles. The molecule has 0 saturated carbocycles. The van der Waals surface area contributed by atoms with Crippen LogP contribution in [0, 0.1) is 11.6 Å². The van der Waals surface area contributed by atoms with Gasteiger partial charge in [0, 0.05) is 18.3 Å². The van der Waals surface area contributed by atoms with Crippen LogP contribution in [0.25, 0.3) is 0 Å². The minimum atomic E-state index is -4.75. The third-order valence-electron chi connectivity index (χ3n) is 4.73. The zero-order valence-corrected chi connectivity index (χ0v) is 15.7. The summed E-state index contributed by atoms with van der Waals surface area (Å²) in [5.41, 5.74) is -1.86. The van der Waals surface area contributed by atoms with E-state index in [-0.39, 0.29) is 17.0 Å². The summed E-state index contributed by atoms with van der Waals surface area (Å²) in [4.78, 5) is 10.3. The largest absolute Gasteiger partial charge is 0.417 e. The Morgan fingerprint density at radius 2 is 1.76 bits per heavy atom. The molecule has 2 aromatic rings. The summed E-state index contributed by atoms with van der Waals surface area (Å²) in [6.45, 7) is 1.95. The highest BCUT2D eigenvalue weighted by atomic mass is 35.5. The second-order valence-corrected chi connectivity index (χ2v) is 6.93. The number of benzene rings is 2. The molecule has 0 fully saturated rings. The molecular formula is C20H13ClF5N3. The molecule has 150 valence electrons. The molecule has 2 aromatic carbocycles. The van der Waals surface area contributed by atoms with E-state index in [1.807, 2.05) is 0 Å². The number of amidine groups is 1. The van der Waals surface area contributed by atoms with Crippen LogP contribution in [-0.4, -0.2) is 24.1 Å². The Morgan fingerprint density at radius 1 is 1.07 bits per heavy atom. The van der Waals surface area contributed by atoms with Gasteiger partial charge in [0.05, 0.1) is 27.5 Å². The normalized spacial score (nSPS) is 18.6. The number of rotatable bonds is 1. The van der Waals surface area contributed by atoms with Crippen LogP contribution in [0.4, 0.5) is 27.6 Å². The smallest absolute Gasteiger partial charge is 0.323 e. The lowest BCUT2D eigenvalue weighted by atomic mass is 9.96. The molecule has 0 radical (unpaired) electrons. The number of nitrogens with zero attached hydrogens (tertiary/aromatic N) is 3. The van der Waals surface area contributed by atoms with Crippen molar-refractivity contribution in [1.82, 2.24) is 0 Å². The average molecular weight is 426 g/mol.